The second-order valence-electron chi connectivity index (χ2n) is 20.1. The molecule has 4 heterocycles. The van der Waals surface area contributed by atoms with Crippen molar-refractivity contribution in [3.8, 4) is 45.0 Å². The van der Waals surface area contributed by atoms with E-state index in [1.54, 1.807) is 17.8 Å². The second kappa shape index (κ2) is 25.2. The molecule has 0 fully saturated rings. The van der Waals surface area contributed by atoms with Crippen molar-refractivity contribution in [2.24, 2.45) is 28.2 Å². The van der Waals surface area contributed by atoms with Crippen molar-refractivity contribution in [2.75, 3.05) is 0 Å². The highest BCUT2D eigenvalue weighted by Crippen LogP contribution is 2.29. The molecule has 4 aromatic carbocycles. The zero-order chi connectivity index (χ0) is 62.5. The minimum Gasteiger partial charge on any atom is -0.201 e. The number of aromatic nitrogens is 4. The van der Waals surface area contributed by atoms with Gasteiger partial charge in [-0.25, -0.2) is 18.3 Å². The largest absolute Gasteiger partial charge is 0.212 e. The van der Waals surface area contributed by atoms with E-state index in [-0.39, 0.29) is 11.1 Å². The van der Waals surface area contributed by atoms with Gasteiger partial charge in [-0.15, -0.1) is 0 Å². The summed E-state index contributed by atoms with van der Waals surface area (Å²) < 4.78 is 94.0. The van der Waals surface area contributed by atoms with E-state index >= 15 is 0 Å². The summed E-state index contributed by atoms with van der Waals surface area (Å²) in [6, 6.07) is 40.9. The van der Waals surface area contributed by atoms with Crippen LogP contribution in [0.25, 0.3) is 45.0 Å². The summed E-state index contributed by atoms with van der Waals surface area (Å²) in [4.78, 5) is 0. The first-order valence-corrected chi connectivity index (χ1v) is 25.1. The van der Waals surface area contributed by atoms with E-state index in [1.807, 2.05) is 74.0 Å². The summed E-state index contributed by atoms with van der Waals surface area (Å²) in [5.41, 5.74) is 20.5. The summed E-state index contributed by atoms with van der Waals surface area (Å²) in [5.74, 6) is -2.53. The molecular formula is C68H88N4+4. The molecule has 4 aromatic heterocycles. The maximum absolute atomic E-state index is 8.40. The molecule has 2 unspecified atom stereocenters. The van der Waals surface area contributed by atoms with Crippen LogP contribution in [-0.2, 0) is 28.2 Å². The van der Waals surface area contributed by atoms with Crippen molar-refractivity contribution >= 4 is 0 Å². The number of pyridine rings is 4. The molecule has 0 N–H and O–H groups in total. The lowest BCUT2D eigenvalue weighted by Gasteiger charge is -2.11. The third-order valence-corrected chi connectivity index (χ3v) is 13.5. The molecule has 8 aromatic rings. The molecule has 0 aliphatic rings. The van der Waals surface area contributed by atoms with Gasteiger partial charge in [0.25, 0.3) is 0 Å². The summed E-state index contributed by atoms with van der Waals surface area (Å²) in [6.45, 7) is 18.7. The maximum atomic E-state index is 8.40. The Kier molecular flexibility index (Phi) is 14.7. The van der Waals surface area contributed by atoms with Crippen molar-refractivity contribution in [3.05, 3.63) is 213 Å². The van der Waals surface area contributed by atoms with Crippen LogP contribution < -0.4 is 18.3 Å². The van der Waals surface area contributed by atoms with Crippen molar-refractivity contribution in [3.63, 3.8) is 0 Å². The predicted molar refractivity (Wildman–Crippen MR) is 306 cm³/mol. The quantitative estimate of drug-likeness (QED) is 0.135. The lowest BCUT2D eigenvalue weighted by Crippen LogP contribution is -2.32. The molecule has 0 aliphatic carbocycles. The normalized spacial score (nSPS) is 15.4. The van der Waals surface area contributed by atoms with E-state index in [1.165, 1.54) is 82.0 Å². The van der Waals surface area contributed by atoms with E-state index in [0.29, 0.717) is 23.1 Å². The average Bonchev–Trinajstić information content (AvgIpc) is 2.26. The highest BCUT2D eigenvalue weighted by Gasteiger charge is 2.20. The van der Waals surface area contributed by atoms with E-state index < -0.39 is 32.3 Å². The van der Waals surface area contributed by atoms with Gasteiger partial charge in [0.15, 0.2) is 24.8 Å². The van der Waals surface area contributed by atoms with E-state index in [4.69, 9.17) is 15.1 Å². The van der Waals surface area contributed by atoms with Gasteiger partial charge in [-0.2, -0.15) is 0 Å². The van der Waals surface area contributed by atoms with Crippen molar-refractivity contribution in [1.82, 2.24) is 0 Å². The Labute approximate surface area is 452 Å². The maximum Gasteiger partial charge on any atom is 0.212 e. The lowest BCUT2D eigenvalue weighted by molar-refractivity contribution is -0.661. The van der Waals surface area contributed by atoms with Gasteiger partial charge in [-0.05, 0) is 148 Å². The van der Waals surface area contributed by atoms with E-state index in [2.05, 4.69) is 165 Å². The number of rotatable bonds is 8. The number of nitrogens with zero attached hydrogens (tertiary/aromatic N) is 4. The lowest BCUT2D eigenvalue weighted by atomic mass is 9.96. The standard InChI is InChI=1S/4C17H22N/c2*1-12(2)16-10-17(18(5)11-14(16)4)15-9-7-6-8-13(15)3;2*1-12(2)16-11-18(5)17(10-14(16)4)15-9-7-6-8-13(15)3/h4*6-12H,1-5H3/q4*+1/i1D3,4D3,12D;;1D3,12D;. The molecule has 0 saturated heterocycles. The molecule has 0 bridgehead atoms. The van der Waals surface area contributed by atoms with Gasteiger partial charge < -0.3 is 0 Å². The Hall–Kier alpha value is -6.52. The zero-order valence-electron chi connectivity index (χ0n) is 57.3. The Balaban J connectivity index is 0.000000204. The topological polar surface area (TPSA) is 15.5 Å². The first-order valence-electron chi connectivity index (χ1n) is 30.6. The molecule has 0 aliphatic heterocycles. The van der Waals surface area contributed by atoms with Gasteiger partial charge in [0.1, 0.15) is 28.2 Å². The molecular weight excluding hydrogens is 873 g/mol. The summed E-state index contributed by atoms with van der Waals surface area (Å²) in [6.07, 6.45) is 7.69. The average molecular weight is 973 g/mol. The number of benzene rings is 4. The van der Waals surface area contributed by atoms with Crippen molar-refractivity contribution in [1.29, 1.82) is 0 Å². The van der Waals surface area contributed by atoms with Gasteiger partial charge >= 0.3 is 0 Å². The third kappa shape index (κ3) is 13.9. The van der Waals surface area contributed by atoms with Crippen molar-refractivity contribution in [2.45, 2.75) is 134 Å². The zero-order valence-corrected chi connectivity index (χ0v) is 46.3. The Morgan fingerprint density at radius 1 is 0.333 bits per heavy atom. The predicted octanol–water partition coefficient (Wildman–Crippen LogP) is 15.7. The molecule has 4 heteroatoms. The van der Waals surface area contributed by atoms with Crippen molar-refractivity contribution < 1.29 is 33.3 Å². The Morgan fingerprint density at radius 3 is 1.00 bits per heavy atom. The molecule has 0 amide bonds. The minimum atomic E-state index is -2.66. The van der Waals surface area contributed by atoms with E-state index in [9.17, 15) is 0 Å². The molecule has 376 valence electrons. The first-order chi connectivity index (χ1) is 38.3. The fourth-order valence-electron chi connectivity index (χ4n) is 9.41. The first kappa shape index (κ1) is 42.0. The van der Waals surface area contributed by atoms with Crippen LogP contribution in [0.5, 0.6) is 0 Å². The van der Waals surface area contributed by atoms with Crippen LogP contribution in [0.15, 0.2) is 146 Å². The molecule has 0 radical (unpaired) electrons. The number of hydrogen-bond acceptors (Lipinski definition) is 0. The molecule has 4 nitrogen and oxygen atoms in total. The fraction of sp³-hybridized carbons (Fsp3) is 0.353. The molecule has 0 spiro atoms. The van der Waals surface area contributed by atoms with Crippen LogP contribution in [0, 0.1) is 55.3 Å². The monoisotopic (exact) mass is 972 g/mol. The van der Waals surface area contributed by atoms with E-state index in [0.717, 1.165) is 33.5 Å². The minimum absolute atomic E-state index is 0.00357. The summed E-state index contributed by atoms with van der Waals surface area (Å²) in [7, 11) is 7.86. The van der Waals surface area contributed by atoms with Gasteiger partial charge in [0.05, 0.1) is 0 Å². The smallest absolute Gasteiger partial charge is 0.201 e. The van der Waals surface area contributed by atoms with Crippen LogP contribution >= 0.6 is 0 Å². The Morgan fingerprint density at radius 2 is 0.639 bits per heavy atom. The Bertz CT molecular complexity index is 3570. The molecule has 8 rings (SSSR count). The van der Waals surface area contributed by atoms with Crippen LogP contribution in [0.2, 0.25) is 0 Å². The van der Waals surface area contributed by atoms with Gasteiger partial charge in [0, 0.05) is 83.9 Å². The summed E-state index contributed by atoms with van der Waals surface area (Å²) >= 11 is 0. The fourth-order valence-corrected chi connectivity index (χ4v) is 9.41. The van der Waals surface area contributed by atoms with Crippen LogP contribution in [0.4, 0.5) is 0 Å². The molecule has 0 saturated carbocycles. The SMILES string of the molecule is Cc1ccccc1-c1cc(C(C)C)c(C)c[n+]1C.Cc1ccccc1-c1cc(C)c(C(C)C)c[n+]1C.[2H]C([2H])([2H])C([2H])(C)c1c[n+](C)c(-c2ccccc2C)cc1C.[2H]C([2H])([2H])c1c[n+](C)c(-c2ccccc2C)cc1C([2H])(C)C([2H])([2H])[2H]. The van der Waals surface area contributed by atoms with Gasteiger partial charge in [-0.1, -0.05) is 128 Å². The summed E-state index contributed by atoms with van der Waals surface area (Å²) in [5, 5.41) is 0. The van der Waals surface area contributed by atoms with Crippen LogP contribution in [0.3, 0.4) is 0 Å². The van der Waals surface area contributed by atoms with Gasteiger partial charge in [0.2, 0.25) is 22.8 Å². The van der Waals surface area contributed by atoms with Crippen LogP contribution in [-0.4, -0.2) is 0 Å². The highest BCUT2D eigenvalue weighted by atomic mass is 14.9. The van der Waals surface area contributed by atoms with Gasteiger partial charge in [-0.3, -0.25) is 0 Å². The molecule has 2 atom stereocenters. The van der Waals surface area contributed by atoms with Crippen LogP contribution in [0.1, 0.15) is 161 Å². The molecule has 72 heavy (non-hydrogen) atoms. The number of hydrogen-bond donors (Lipinski definition) is 0. The highest BCUT2D eigenvalue weighted by molar-refractivity contribution is 5.64. The number of aryl methyl sites for hydroxylation is 12. The third-order valence-electron chi connectivity index (χ3n) is 13.5. The second-order valence-corrected chi connectivity index (χ2v) is 20.1.